The summed E-state index contributed by atoms with van der Waals surface area (Å²) < 4.78 is 13.3. The van der Waals surface area contributed by atoms with Crippen LogP contribution in [0, 0.1) is 0 Å². The average Bonchev–Trinajstić information content (AvgIpc) is 3.31. The van der Waals surface area contributed by atoms with Crippen molar-refractivity contribution in [2.45, 2.75) is 182 Å². The van der Waals surface area contributed by atoms with Crippen molar-refractivity contribution in [3.63, 3.8) is 0 Å². The fraction of sp³-hybridized carbons (Fsp3) is 0.517. The van der Waals surface area contributed by atoms with E-state index in [1.807, 2.05) is 0 Å². The van der Waals surface area contributed by atoms with Gasteiger partial charge >= 0.3 is 0 Å². The minimum absolute atomic E-state index is 0.156. The Morgan fingerprint density at radius 2 is 0.662 bits per heavy atom. The SMILES string of the molecule is CCCCCCCCCCCOc1cc2nc3c4cc(C(C)(C)C)cc5c6nc7c(Cl)c(Cl)c(Cl)c(Cl)c7nc6c6cc(C(C)(C)C)cc(c3nc2cc1OCCCCCCCCCCC)c6c45. The first kappa shape index (κ1) is 50.7. The van der Waals surface area contributed by atoms with Crippen molar-refractivity contribution < 1.29 is 9.47 Å². The van der Waals surface area contributed by atoms with Gasteiger partial charge in [0.05, 0.1) is 66.4 Å². The molecule has 0 fully saturated rings. The molecule has 6 nitrogen and oxygen atoms in total. The summed E-state index contributed by atoms with van der Waals surface area (Å²) in [4.78, 5) is 21.7. The van der Waals surface area contributed by atoms with Crippen LogP contribution in [0.4, 0.5) is 0 Å². The second-order valence-electron chi connectivity index (χ2n) is 21.3. The van der Waals surface area contributed by atoms with E-state index in [0.29, 0.717) is 35.3 Å². The molecule has 0 spiro atoms. The molecule has 0 radical (unpaired) electrons. The molecular weight excluding hydrogens is 926 g/mol. The van der Waals surface area contributed by atoms with Crippen LogP contribution in [0.2, 0.25) is 20.1 Å². The summed E-state index contributed by atoms with van der Waals surface area (Å²) in [6.45, 7) is 19.2. The monoisotopic (exact) mass is 994 g/mol. The number of nitrogens with zero attached hydrogens (tertiary/aromatic N) is 4. The number of unbranched alkanes of at least 4 members (excludes halogenated alkanes) is 16. The third-order valence-electron chi connectivity index (χ3n) is 13.9. The lowest BCUT2D eigenvalue weighted by atomic mass is 9.80. The third-order valence-corrected chi connectivity index (χ3v) is 15.7. The predicted molar refractivity (Wildman–Crippen MR) is 294 cm³/mol. The van der Waals surface area contributed by atoms with Crippen LogP contribution in [0.3, 0.4) is 0 Å². The maximum atomic E-state index is 6.91. The van der Waals surface area contributed by atoms with Crippen LogP contribution in [0.25, 0.3) is 76.5 Å². The fourth-order valence-electron chi connectivity index (χ4n) is 9.81. The summed E-state index contributed by atoms with van der Waals surface area (Å²) in [7, 11) is 0. The molecule has 6 aromatic carbocycles. The molecule has 68 heavy (non-hydrogen) atoms. The molecule has 0 N–H and O–H groups in total. The highest BCUT2D eigenvalue weighted by molar-refractivity contribution is 6.55. The Labute approximate surface area is 423 Å². The van der Waals surface area contributed by atoms with Crippen LogP contribution < -0.4 is 9.47 Å². The summed E-state index contributed by atoms with van der Waals surface area (Å²) in [6, 6.07) is 13.2. The molecule has 0 aliphatic rings. The molecule has 0 bridgehead atoms. The van der Waals surface area contributed by atoms with Gasteiger partial charge in [0.15, 0.2) is 11.5 Å². The quantitative estimate of drug-likeness (QED) is 0.0222. The molecule has 2 heterocycles. The third kappa shape index (κ3) is 10.7. The largest absolute Gasteiger partial charge is 0.490 e. The van der Waals surface area contributed by atoms with Gasteiger partial charge in [0, 0.05) is 44.5 Å². The predicted octanol–water partition coefficient (Wildman–Crippen LogP) is 19.8. The Bertz CT molecular complexity index is 2880. The second kappa shape index (κ2) is 21.8. The number of aromatic nitrogens is 4. The Balaban J connectivity index is 1.28. The van der Waals surface area contributed by atoms with E-state index in [9.17, 15) is 0 Å². The minimum Gasteiger partial charge on any atom is -0.490 e. The molecule has 0 saturated carbocycles. The van der Waals surface area contributed by atoms with E-state index in [1.165, 1.54) is 89.9 Å². The van der Waals surface area contributed by atoms with Crippen LogP contribution >= 0.6 is 46.4 Å². The molecule has 0 unspecified atom stereocenters. The standard InChI is InChI=1S/C58H70Cl4N4O2/c1-9-11-13-15-17-19-21-23-25-27-67-43-33-41-42(34-44(43)68-28-26-24-22-20-18-16-14-12-10-2)64-52-38-30-36(58(6,7)8)32-40-46(38)45-37(51(52)63-41)29-35(57(3,4)5)31-39(45)53-54(40)66-56-50(62)48(60)47(59)49(61)55(56)65-53/h29-34H,9-28H2,1-8H3. The highest BCUT2D eigenvalue weighted by atomic mass is 35.5. The number of rotatable bonds is 22. The number of benzene rings is 6. The average molecular weight is 997 g/mol. The molecule has 0 aliphatic carbocycles. The lowest BCUT2D eigenvalue weighted by molar-refractivity contribution is 0.259. The van der Waals surface area contributed by atoms with Gasteiger partial charge in [-0.15, -0.1) is 0 Å². The van der Waals surface area contributed by atoms with E-state index >= 15 is 0 Å². The summed E-state index contributed by atoms with van der Waals surface area (Å²) in [5.74, 6) is 1.46. The Hall–Kier alpha value is -3.68. The zero-order valence-electron chi connectivity index (χ0n) is 41.7. The highest BCUT2D eigenvalue weighted by Gasteiger charge is 2.28. The number of hydrogen-bond donors (Lipinski definition) is 0. The van der Waals surface area contributed by atoms with Gasteiger partial charge in [0.2, 0.25) is 0 Å². The number of halogens is 4. The summed E-state index contributed by atoms with van der Waals surface area (Å²) >= 11 is 27.1. The van der Waals surface area contributed by atoms with Crippen molar-refractivity contribution >= 4 is 123 Å². The van der Waals surface area contributed by atoms with Gasteiger partial charge < -0.3 is 9.47 Å². The molecular formula is C58H70Cl4N4O2. The molecule has 0 saturated heterocycles. The van der Waals surface area contributed by atoms with Crippen molar-refractivity contribution in [3.8, 4) is 11.5 Å². The van der Waals surface area contributed by atoms with Gasteiger partial charge in [-0.25, -0.2) is 19.9 Å². The Morgan fingerprint density at radius 1 is 0.368 bits per heavy atom. The molecule has 0 amide bonds. The summed E-state index contributed by atoms with van der Waals surface area (Å²) in [6.07, 6.45) is 22.6. The normalized spacial score (nSPS) is 12.7. The van der Waals surface area contributed by atoms with Gasteiger partial charge in [0.25, 0.3) is 0 Å². The minimum atomic E-state index is -0.216. The van der Waals surface area contributed by atoms with Gasteiger partial charge in [-0.05, 0) is 59.1 Å². The summed E-state index contributed by atoms with van der Waals surface area (Å²) in [5.41, 5.74) is 7.24. The Morgan fingerprint density at radius 3 is 0.971 bits per heavy atom. The van der Waals surface area contributed by atoms with Crippen LogP contribution in [0.1, 0.15) is 182 Å². The molecule has 0 atom stereocenters. The van der Waals surface area contributed by atoms with Crippen LogP contribution in [-0.2, 0) is 10.8 Å². The van der Waals surface area contributed by atoms with Gasteiger partial charge in [-0.3, -0.25) is 0 Å². The van der Waals surface area contributed by atoms with Crippen molar-refractivity contribution in [1.82, 2.24) is 19.9 Å². The molecule has 8 rings (SSSR count). The maximum absolute atomic E-state index is 6.91. The molecule has 2 aromatic heterocycles. The van der Waals surface area contributed by atoms with E-state index in [-0.39, 0.29) is 30.9 Å². The van der Waals surface area contributed by atoms with Crippen LogP contribution in [-0.4, -0.2) is 33.1 Å². The Kier molecular flexibility index (Phi) is 16.2. The van der Waals surface area contributed by atoms with E-state index in [0.717, 1.165) is 103 Å². The van der Waals surface area contributed by atoms with Crippen molar-refractivity contribution in [2.24, 2.45) is 0 Å². The topological polar surface area (TPSA) is 70.0 Å². The molecule has 10 heteroatoms. The molecule has 0 aliphatic heterocycles. The smallest absolute Gasteiger partial charge is 0.163 e. The second-order valence-corrected chi connectivity index (χ2v) is 22.8. The zero-order valence-corrected chi connectivity index (χ0v) is 44.7. The van der Waals surface area contributed by atoms with Crippen LogP contribution in [0.5, 0.6) is 11.5 Å². The van der Waals surface area contributed by atoms with E-state index in [2.05, 4.69) is 91.8 Å². The van der Waals surface area contributed by atoms with Crippen molar-refractivity contribution in [2.75, 3.05) is 13.2 Å². The van der Waals surface area contributed by atoms with Crippen LogP contribution in [0.15, 0.2) is 36.4 Å². The van der Waals surface area contributed by atoms with Crippen molar-refractivity contribution in [1.29, 1.82) is 0 Å². The summed E-state index contributed by atoms with van der Waals surface area (Å²) in [5, 5.41) is 6.76. The van der Waals surface area contributed by atoms with E-state index < -0.39 is 0 Å². The molecule has 8 aromatic rings. The van der Waals surface area contributed by atoms with E-state index in [1.54, 1.807) is 0 Å². The molecule has 362 valence electrons. The van der Waals surface area contributed by atoms with Gasteiger partial charge in [0.1, 0.15) is 11.0 Å². The first-order chi connectivity index (χ1) is 32.6. The van der Waals surface area contributed by atoms with Crippen molar-refractivity contribution in [3.05, 3.63) is 67.6 Å². The maximum Gasteiger partial charge on any atom is 0.163 e. The zero-order chi connectivity index (χ0) is 48.3. The number of hydrogen-bond acceptors (Lipinski definition) is 6. The first-order valence-electron chi connectivity index (χ1n) is 25.7. The lowest BCUT2D eigenvalue weighted by Crippen LogP contribution is -2.12. The lowest BCUT2D eigenvalue weighted by Gasteiger charge is -2.25. The van der Waals surface area contributed by atoms with Gasteiger partial charge in [-0.1, -0.05) is 205 Å². The first-order valence-corrected chi connectivity index (χ1v) is 27.2. The van der Waals surface area contributed by atoms with E-state index in [4.69, 9.17) is 75.8 Å². The highest BCUT2D eigenvalue weighted by Crippen LogP contribution is 2.49. The fourth-order valence-corrected chi connectivity index (χ4v) is 10.7. The number of ether oxygens (including phenoxy) is 2. The number of fused-ring (bicyclic) bond motifs is 8. The van der Waals surface area contributed by atoms with Gasteiger partial charge in [-0.2, -0.15) is 0 Å².